The van der Waals surface area contributed by atoms with E-state index in [1.54, 1.807) is 19.6 Å². The molecule has 0 aromatic heterocycles. The van der Waals surface area contributed by atoms with Crippen LogP contribution < -0.4 is 131 Å². The largest absolute Gasteiger partial charge is 2.00 e. The first-order valence-corrected chi connectivity index (χ1v) is 38.7. The summed E-state index contributed by atoms with van der Waals surface area (Å²) in [4.78, 5) is 240. The number of hydrogen-bond donors (Lipinski definition) is 16. The van der Waals surface area contributed by atoms with Gasteiger partial charge in [-0.25, -0.2) is 0 Å². The third kappa shape index (κ3) is 202. The molecular weight excluding hydrogens is 2570 g/mol. The van der Waals surface area contributed by atoms with Crippen LogP contribution in [-0.2, 0) is 205 Å². The van der Waals surface area contributed by atoms with Crippen LogP contribution in [0.15, 0.2) is 72.8 Å². The molecule has 63 heteroatoms. The fourth-order valence-corrected chi connectivity index (χ4v) is 6.92. The molecule has 0 atom stereocenters. The number of carboxylic acids is 24. The van der Waals surface area contributed by atoms with Gasteiger partial charge in [0, 0.05) is 192 Å². The van der Waals surface area contributed by atoms with Gasteiger partial charge in [-0.1, -0.05) is 0 Å². The van der Waals surface area contributed by atoms with Gasteiger partial charge in [0.05, 0.1) is 150 Å². The molecule has 832 valence electrons. The van der Waals surface area contributed by atoms with Gasteiger partial charge in [-0.3, -0.25) is 57.5 Å². The molecule has 54 nitrogen and oxygen atoms in total. The minimum Gasteiger partial charge on any atom is -1.00 e. The van der Waals surface area contributed by atoms with E-state index in [9.17, 15) is 119 Å². The fraction of sp³-hybridized carbons (Fsp3) is 0.429. The molecule has 0 saturated carbocycles. The number of carbonyl (C=O) groups excluding carboxylic acids is 12. The van der Waals surface area contributed by atoms with Crippen LogP contribution in [0.5, 0.6) is 0 Å². The Labute approximate surface area is 973 Å². The van der Waals surface area contributed by atoms with Crippen molar-refractivity contribution in [3.05, 3.63) is 140 Å². The van der Waals surface area contributed by atoms with E-state index in [1.807, 2.05) is 0 Å². The van der Waals surface area contributed by atoms with Crippen LogP contribution >= 0.6 is 0 Å². The summed E-state index contributed by atoms with van der Waals surface area (Å²) in [5.74, 6) is -30.2. The molecule has 0 amide bonds. The number of carbonyl (C=O) groups is 24. The molecule has 0 aliphatic carbocycles. The Bertz CT molecular complexity index is 3300. The quantitative estimate of drug-likeness (QED) is 0.0229. The van der Waals surface area contributed by atoms with Crippen molar-refractivity contribution in [3.63, 3.8) is 0 Å². The number of aromatic carboxylic acids is 12. The Morgan fingerprint density at radius 1 is 0.163 bits per heavy atom. The number of quaternary nitrogens is 4. The second-order valence-corrected chi connectivity index (χ2v) is 24.1. The van der Waals surface area contributed by atoms with E-state index < -0.39 is 210 Å². The Balaban J connectivity index is -0.0000000421. The smallest absolute Gasteiger partial charge is 1.00 e. The average molecular weight is 2700 g/mol. The molecule has 0 saturated heterocycles. The number of carboxylic acid groups (broad SMARTS) is 24. The van der Waals surface area contributed by atoms with Gasteiger partial charge in [0.25, 0.3) is 71.6 Å². The molecule has 0 radical (unpaired) electrons. The number of nitrogens with one attached hydrogen (secondary N) is 4. The molecule has 0 aliphatic heterocycles. The Morgan fingerprint density at radius 3 is 0.211 bits per heavy atom. The first kappa shape index (κ1) is 209. The van der Waals surface area contributed by atoms with Crippen molar-refractivity contribution in [3.8, 4) is 0 Å². The first-order valence-electron chi connectivity index (χ1n) is 38.7. The normalized spacial score (nSPS) is 7.92. The maximum atomic E-state index is 10.4. The molecule has 147 heavy (non-hydrogen) atoms. The van der Waals surface area contributed by atoms with Crippen molar-refractivity contribution in [2.75, 3.05) is 78.5 Å². The van der Waals surface area contributed by atoms with Gasteiger partial charge in [-0.2, -0.15) is 0 Å². The summed E-state index contributed by atoms with van der Waals surface area (Å²) in [6.45, 7) is 54.9. The summed E-state index contributed by atoms with van der Waals surface area (Å²) >= 11 is 0. The van der Waals surface area contributed by atoms with E-state index >= 15 is 0 Å². The van der Waals surface area contributed by atoms with Gasteiger partial charge in [0.2, 0.25) is 0 Å². The second kappa shape index (κ2) is 138. The third-order valence-electron chi connectivity index (χ3n) is 12.6. The predicted molar refractivity (Wildman–Crippen MR) is 458 cm³/mol. The summed E-state index contributed by atoms with van der Waals surface area (Å²) in [5.41, 5.74) is -6.71. The van der Waals surface area contributed by atoms with Crippen molar-refractivity contribution in [2.45, 2.75) is 166 Å². The zero-order valence-corrected chi connectivity index (χ0v) is 109. The first-order chi connectivity index (χ1) is 61.8. The van der Waals surface area contributed by atoms with Crippen LogP contribution in [0.2, 0.25) is 0 Å². The standard InChI is InChI=1S/4C9H6O6.4C6H15N.12C2H4O2.5Cd.4ClH.2H2O/c4*10-7(11)4-1-5(8(12)13)3-6(2-4)9(14)15;4*1-4-7(5-2)6-3;12*1-2(3)4;;;;;;;;;;;/h4*1-3H,(H,10,11)(H,12,13)(H,14,15);4*4-6H2,1-3H3;12*1H3,(H,3,4);;;;;;4*1H;2*1H2/q;;;;;;;;;;;;;;;;;;;;;;;;+2;;;;;;/p-10. The van der Waals surface area contributed by atoms with Gasteiger partial charge in [-0.15, -0.1) is 0 Å². The Morgan fingerprint density at radius 2 is 0.197 bits per heavy atom. The molecule has 0 fully saturated rings. The van der Waals surface area contributed by atoms with E-state index in [0.29, 0.717) is 0 Å². The van der Waals surface area contributed by atoms with Crippen molar-refractivity contribution < 1.29 is 454 Å². The summed E-state index contributed by atoms with van der Waals surface area (Å²) in [5, 5.41) is 214. The zero-order valence-electron chi connectivity index (χ0n) is 85.7. The molecule has 4 rings (SSSR count). The molecule has 0 spiro atoms. The average Bonchev–Trinajstić information content (AvgIpc) is 0.857. The Kier molecular flexibility index (Phi) is 196. The van der Waals surface area contributed by atoms with Gasteiger partial charge < -0.3 is 260 Å². The van der Waals surface area contributed by atoms with Crippen LogP contribution in [0.4, 0.5) is 0 Å². The van der Waals surface area contributed by atoms with Crippen LogP contribution in [0.3, 0.4) is 0 Å². The van der Waals surface area contributed by atoms with Crippen LogP contribution in [0.25, 0.3) is 0 Å². The summed E-state index contributed by atoms with van der Waals surface area (Å²) in [7, 11) is 0. The Hall–Kier alpha value is -10.3. The van der Waals surface area contributed by atoms with E-state index in [1.165, 1.54) is 78.5 Å². The van der Waals surface area contributed by atoms with Crippen LogP contribution in [0, 0.1) is 0 Å². The minimum absolute atomic E-state index is 0. The van der Waals surface area contributed by atoms with E-state index in [-0.39, 0.29) is 197 Å². The van der Waals surface area contributed by atoms with Gasteiger partial charge in [-0.05, 0) is 223 Å². The van der Waals surface area contributed by atoms with E-state index in [0.717, 1.165) is 156 Å². The van der Waals surface area contributed by atoms with Gasteiger partial charge in [0.1, 0.15) is 0 Å². The van der Waals surface area contributed by atoms with Crippen molar-refractivity contribution in [1.29, 1.82) is 0 Å². The maximum Gasteiger partial charge on any atom is 2.00 e. The zero-order chi connectivity index (χ0) is 112. The van der Waals surface area contributed by atoms with E-state index in [4.69, 9.17) is 119 Å². The number of rotatable bonds is 24. The number of halogens is 4. The topological polar surface area (TPSA) is 1010 Å². The predicted octanol–water partition coefficient (Wildman–Crippen LogP) is -25.9. The molecule has 0 aliphatic rings. The minimum atomic E-state index is -1.68. The molecule has 4 aromatic carbocycles. The van der Waals surface area contributed by atoms with Crippen LogP contribution in [0.1, 0.15) is 290 Å². The van der Waals surface area contributed by atoms with Crippen LogP contribution in [-0.4, -0.2) is 283 Å². The second-order valence-electron chi connectivity index (χ2n) is 24.1. The SMILES string of the molecule is CC(=O)O.CC(=O)O.CC(=O)O.CC(=O)O.CC(=O)O.CC(=O)O.CC(=O)O.CC(=O)O.CC(=O)O.CC(=O)O.CC(=O)O.CC(=O)O.CC[NH+](CC)CC.CC[NH+](CC)CC.CC[NH+](CC)CC.CC[NH+](CC)CC.O=C([O-])c1cc(C(=O)[O-])cc(C(=O)[O-])c1.O=C([O-])c1cc(C(=O)[O-])cc(C(=O)[O-])c1.O=C([O-])c1cc(C(=O)[O-])cc(C(=O)[O-])c1.O=C([O-])c1cc(C(=O)[O-])cc(C(=O)[O-])c1.[Cd+2].[Cd].[Cd].[Cd].[Cd].[Cl-].[Cl-].[Cl-].[Cl-].[OH3+].[OH3+]. The molecule has 4 aromatic rings. The maximum absolute atomic E-state index is 10.4. The molecule has 0 unspecified atom stereocenters. The number of benzene rings is 4. The summed E-state index contributed by atoms with van der Waals surface area (Å²) in [6, 6.07) is 8.97. The fourth-order valence-electron chi connectivity index (χ4n) is 6.92. The number of aliphatic carboxylic acids is 12. The van der Waals surface area contributed by atoms with Crippen molar-refractivity contribution in [1.82, 2.24) is 0 Å². The molecular formula is C84H130Cd5Cl4N4O50-8. The van der Waals surface area contributed by atoms with Crippen molar-refractivity contribution >= 4 is 143 Å². The van der Waals surface area contributed by atoms with E-state index in [2.05, 4.69) is 83.1 Å². The van der Waals surface area contributed by atoms with Crippen molar-refractivity contribution in [2.24, 2.45) is 0 Å². The molecule has 0 bridgehead atoms. The molecule has 22 N–H and O–H groups in total. The number of hydrogen-bond acceptors (Lipinski definition) is 36. The third-order valence-corrected chi connectivity index (χ3v) is 12.6. The molecule has 0 heterocycles. The monoisotopic (exact) mass is 2700 g/mol. The summed E-state index contributed by atoms with van der Waals surface area (Å²) in [6.07, 6.45) is 0. The summed E-state index contributed by atoms with van der Waals surface area (Å²) < 4.78 is 0. The van der Waals surface area contributed by atoms with Gasteiger partial charge in [0.15, 0.2) is 0 Å². The van der Waals surface area contributed by atoms with Gasteiger partial charge >= 0.3 is 27.3 Å².